The minimum Gasteiger partial charge on any atom is -0.468 e. The molecule has 2 aliphatic carbocycles. The van der Waals surface area contributed by atoms with Crippen molar-refractivity contribution >= 4 is 16.8 Å². The van der Waals surface area contributed by atoms with Gasteiger partial charge in [0.05, 0.1) is 17.9 Å². The molecule has 3 nitrogen and oxygen atoms in total. The molecule has 0 spiro atoms. The SMILES string of the molecule is COC(=O)C(C1CC1)S(=O)c1ccc2c(c1)CCC2. The molecule has 0 heterocycles. The second-order valence-corrected chi connectivity index (χ2v) is 6.94. The van der Waals surface area contributed by atoms with E-state index < -0.39 is 16.0 Å². The zero-order chi connectivity index (χ0) is 13.4. The maximum atomic E-state index is 12.6. The van der Waals surface area contributed by atoms with E-state index in [0.717, 1.165) is 30.6 Å². The Morgan fingerprint density at radius 3 is 2.74 bits per heavy atom. The van der Waals surface area contributed by atoms with Gasteiger partial charge in [-0.3, -0.25) is 9.00 Å². The number of carbonyl (C=O) groups excluding carboxylic acids is 1. The van der Waals surface area contributed by atoms with Crippen LogP contribution in [0.15, 0.2) is 23.1 Å². The Hall–Kier alpha value is -1.16. The van der Waals surface area contributed by atoms with E-state index in [1.807, 2.05) is 12.1 Å². The smallest absolute Gasteiger partial charge is 0.322 e. The molecular weight excluding hydrogens is 260 g/mol. The monoisotopic (exact) mass is 278 g/mol. The van der Waals surface area contributed by atoms with Gasteiger partial charge in [0, 0.05) is 4.90 Å². The van der Waals surface area contributed by atoms with Crippen molar-refractivity contribution in [1.29, 1.82) is 0 Å². The lowest BCUT2D eigenvalue weighted by Gasteiger charge is -2.14. The number of ether oxygens (including phenoxy) is 1. The number of esters is 1. The maximum absolute atomic E-state index is 12.6. The molecule has 0 bridgehead atoms. The van der Waals surface area contributed by atoms with E-state index in [2.05, 4.69) is 6.07 Å². The zero-order valence-electron chi connectivity index (χ0n) is 11.1. The number of aryl methyl sites for hydroxylation is 2. The normalized spacial score (nSPS) is 20.7. The molecule has 1 aromatic rings. The van der Waals surface area contributed by atoms with Gasteiger partial charge in [0.25, 0.3) is 0 Å². The van der Waals surface area contributed by atoms with E-state index in [9.17, 15) is 9.00 Å². The van der Waals surface area contributed by atoms with Gasteiger partial charge in [-0.05, 0) is 61.3 Å². The highest BCUT2D eigenvalue weighted by Gasteiger charge is 2.41. The van der Waals surface area contributed by atoms with Gasteiger partial charge in [0.1, 0.15) is 5.25 Å². The minimum absolute atomic E-state index is 0.238. The molecule has 1 saturated carbocycles. The summed E-state index contributed by atoms with van der Waals surface area (Å²) in [6.45, 7) is 0. The standard InChI is InChI=1S/C15H18O3S/c1-18-15(16)14(11-5-6-11)19(17)13-8-7-10-3-2-4-12(10)9-13/h7-9,11,14H,2-6H2,1H3. The Bertz CT molecular complexity index is 534. The third-order valence-corrected chi connectivity index (χ3v) is 5.77. The quantitative estimate of drug-likeness (QED) is 0.793. The minimum atomic E-state index is -1.29. The number of hydrogen-bond acceptors (Lipinski definition) is 3. The molecule has 19 heavy (non-hydrogen) atoms. The van der Waals surface area contributed by atoms with Gasteiger partial charge in [-0.15, -0.1) is 0 Å². The van der Waals surface area contributed by atoms with Crippen molar-refractivity contribution in [2.75, 3.05) is 7.11 Å². The first-order valence-electron chi connectivity index (χ1n) is 6.81. The van der Waals surface area contributed by atoms with Gasteiger partial charge in [-0.1, -0.05) is 6.07 Å². The molecular formula is C15H18O3S. The van der Waals surface area contributed by atoms with E-state index in [1.165, 1.54) is 24.7 Å². The number of rotatable bonds is 4. The number of fused-ring (bicyclic) bond motifs is 1. The van der Waals surface area contributed by atoms with Crippen LogP contribution in [-0.4, -0.2) is 22.5 Å². The molecule has 1 fully saturated rings. The van der Waals surface area contributed by atoms with Crippen LogP contribution in [0, 0.1) is 5.92 Å². The van der Waals surface area contributed by atoms with Crippen molar-refractivity contribution in [2.24, 2.45) is 5.92 Å². The van der Waals surface area contributed by atoms with Crippen LogP contribution in [0.25, 0.3) is 0 Å². The summed E-state index contributed by atoms with van der Waals surface area (Å²) in [6.07, 6.45) is 5.32. The molecule has 102 valence electrons. The molecule has 2 unspecified atom stereocenters. The summed E-state index contributed by atoms with van der Waals surface area (Å²) < 4.78 is 17.5. The van der Waals surface area contributed by atoms with Crippen molar-refractivity contribution in [3.05, 3.63) is 29.3 Å². The van der Waals surface area contributed by atoms with E-state index in [0.29, 0.717) is 0 Å². The summed E-state index contributed by atoms with van der Waals surface area (Å²) in [5.41, 5.74) is 2.66. The van der Waals surface area contributed by atoms with Crippen LogP contribution < -0.4 is 0 Å². The van der Waals surface area contributed by atoms with Gasteiger partial charge in [0.2, 0.25) is 0 Å². The molecule has 0 radical (unpaired) electrons. The number of hydrogen-bond donors (Lipinski definition) is 0. The fourth-order valence-electron chi connectivity index (χ4n) is 2.79. The molecule has 0 aromatic heterocycles. The highest BCUT2D eigenvalue weighted by Crippen LogP contribution is 2.38. The number of methoxy groups -OCH3 is 1. The first-order chi connectivity index (χ1) is 9.20. The van der Waals surface area contributed by atoms with E-state index in [1.54, 1.807) is 0 Å². The first kappa shape index (κ1) is 12.9. The molecule has 2 aliphatic rings. The van der Waals surface area contributed by atoms with Crippen molar-refractivity contribution in [2.45, 2.75) is 42.2 Å². The summed E-state index contributed by atoms with van der Waals surface area (Å²) in [5.74, 6) is -0.0946. The highest BCUT2D eigenvalue weighted by atomic mass is 32.2. The van der Waals surface area contributed by atoms with Gasteiger partial charge in [-0.2, -0.15) is 0 Å². The summed E-state index contributed by atoms with van der Waals surface area (Å²) in [4.78, 5) is 12.6. The predicted octanol–water partition coefficient (Wildman–Crippen LogP) is 2.23. The van der Waals surface area contributed by atoms with Crippen LogP contribution >= 0.6 is 0 Å². The van der Waals surface area contributed by atoms with E-state index >= 15 is 0 Å². The maximum Gasteiger partial charge on any atom is 0.322 e. The van der Waals surface area contributed by atoms with Gasteiger partial charge >= 0.3 is 5.97 Å². The third kappa shape index (κ3) is 2.46. The van der Waals surface area contributed by atoms with Crippen molar-refractivity contribution < 1.29 is 13.7 Å². The fourth-order valence-corrected chi connectivity index (χ4v) is 4.44. The first-order valence-corrected chi connectivity index (χ1v) is 8.02. The van der Waals surface area contributed by atoms with E-state index in [-0.39, 0.29) is 11.9 Å². The van der Waals surface area contributed by atoms with Crippen LogP contribution in [-0.2, 0) is 33.2 Å². The van der Waals surface area contributed by atoms with Gasteiger partial charge in [0.15, 0.2) is 0 Å². The van der Waals surface area contributed by atoms with E-state index in [4.69, 9.17) is 4.74 Å². The number of carbonyl (C=O) groups is 1. The van der Waals surface area contributed by atoms with Crippen LogP contribution in [0.1, 0.15) is 30.4 Å². The average Bonchev–Trinajstić information content (AvgIpc) is 3.14. The Morgan fingerprint density at radius 2 is 2.05 bits per heavy atom. The summed E-state index contributed by atoms with van der Waals surface area (Å²) >= 11 is 0. The largest absolute Gasteiger partial charge is 0.468 e. The highest BCUT2D eigenvalue weighted by molar-refractivity contribution is 7.86. The topological polar surface area (TPSA) is 43.4 Å². The molecule has 0 amide bonds. The lowest BCUT2D eigenvalue weighted by atomic mass is 10.1. The van der Waals surface area contributed by atoms with Gasteiger partial charge < -0.3 is 4.74 Å². The molecule has 4 heteroatoms. The molecule has 1 aromatic carbocycles. The Labute approximate surface area is 115 Å². The van der Waals surface area contributed by atoms with Crippen molar-refractivity contribution in [3.8, 4) is 0 Å². The Balaban J connectivity index is 1.87. The lowest BCUT2D eigenvalue weighted by Crippen LogP contribution is -2.29. The van der Waals surface area contributed by atoms with Crippen LogP contribution in [0.4, 0.5) is 0 Å². The second kappa shape index (κ2) is 5.08. The summed E-state index contributed by atoms with van der Waals surface area (Å²) in [5, 5.41) is -0.482. The second-order valence-electron chi connectivity index (χ2n) is 5.36. The molecule has 0 N–H and O–H groups in total. The van der Waals surface area contributed by atoms with Crippen LogP contribution in [0.5, 0.6) is 0 Å². The zero-order valence-corrected chi connectivity index (χ0v) is 11.9. The van der Waals surface area contributed by atoms with Crippen molar-refractivity contribution in [1.82, 2.24) is 0 Å². The summed E-state index contributed by atoms with van der Waals surface area (Å²) in [6, 6.07) is 6.01. The Kier molecular flexibility index (Phi) is 3.44. The van der Waals surface area contributed by atoms with Gasteiger partial charge in [-0.25, -0.2) is 0 Å². The van der Waals surface area contributed by atoms with Crippen LogP contribution in [0.2, 0.25) is 0 Å². The predicted molar refractivity (Wildman–Crippen MR) is 73.4 cm³/mol. The van der Waals surface area contributed by atoms with Crippen LogP contribution in [0.3, 0.4) is 0 Å². The third-order valence-electron chi connectivity index (χ3n) is 4.02. The fraction of sp³-hybridized carbons (Fsp3) is 0.533. The molecule has 2 atom stereocenters. The average molecular weight is 278 g/mol. The lowest BCUT2D eigenvalue weighted by molar-refractivity contribution is -0.140. The molecule has 0 aliphatic heterocycles. The van der Waals surface area contributed by atoms with Crippen molar-refractivity contribution in [3.63, 3.8) is 0 Å². The molecule has 3 rings (SSSR count). The number of benzene rings is 1. The molecule has 0 saturated heterocycles. The summed E-state index contributed by atoms with van der Waals surface area (Å²) in [7, 11) is 0.0869. The Morgan fingerprint density at radius 1 is 1.32 bits per heavy atom.